The van der Waals surface area contributed by atoms with Crippen LogP contribution in [-0.2, 0) is 6.54 Å². The minimum Gasteiger partial charge on any atom is -0.477 e. The summed E-state index contributed by atoms with van der Waals surface area (Å²) in [7, 11) is 0. The topological polar surface area (TPSA) is 72.2 Å². The summed E-state index contributed by atoms with van der Waals surface area (Å²) in [5.74, 6) is -0.366. The van der Waals surface area contributed by atoms with Crippen LogP contribution in [0.2, 0.25) is 0 Å². The van der Waals surface area contributed by atoms with E-state index in [0.29, 0.717) is 28.1 Å². The van der Waals surface area contributed by atoms with Crippen molar-refractivity contribution < 1.29 is 9.90 Å². The van der Waals surface area contributed by atoms with E-state index in [2.05, 4.69) is 35.3 Å². The number of carbonyl (C=O) groups is 1. The molecule has 0 bridgehead atoms. The Kier molecular flexibility index (Phi) is 4.20. The van der Waals surface area contributed by atoms with Crippen molar-refractivity contribution in [3.05, 3.63) is 56.4 Å². The largest absolute Gasteiger partial charge is 0.477 e. The standard InChI is InChI=1S/C19H16N2O3S2/c1-10-14-17(26-15(10)19(23)24)20-16-12(7-8-21(16)18(14)22)9-11-3-5-13(25-2)6-4-11/h3-6,9H,7-8H2,1-2H3,(H,23,24)/b12-9+. The molecule has 0 aliphatic carbocycles. The monoisotopic (exact) mass is 384 g/mol. The number of thioether (sulfide) groups is 1. The average Bonchev–Trinajstić information content (AvgIpc) is 3.18. The summed E-state index contributed by atoms with van der Waals surface area (Å²) in [6.45, 7) is 2.25. The Morgan fingerprint density at radius 2 is 2.08 bits per heavy atom. The van der Waals surface area contributed by atoms with Crippen molar-refractivity contribution in [1.29, 1.82) is 0 Å². The molecule has 1 aromatic carbocycles. The number of rotatable bonds is 3. The normalized spacial score (nSPS) is 14.9. The van der Waals surface area contributed by atoms with Crippen LogP contribution in [-0.4, -0.2) is 26.9 Å². The molecular formula is C19H16N2O3S2. The van der Waals surface area contributed by atoms with Gasteiger partial charge in [0.25, 0.3) is 5.56 Å². The van der Waals surface area contributed by atoms with E-state index in [9.17, 15) is 14.7 Å². The molecule has 1 N–H and O–H groups in total. The van der Waals surface area contributed by atoms with Crippen molar-refractivity contribution in [3.63, 3.8) is 0 Å². The SMILES string of the molecule is CSc1ccc(/C=C2\CCn3c2nc2sc(C(=O)O)c(C)c2c3=O)cc1. The van der Waals surface area contributed by atoms with Gasteiger partial charge in [-0.1, -0.05) is 12.1 Å². The molecule has 5 nitrogen and oxygen atoms in total. The fourth-order valence-corrected chi connectivity index (χ4v) is 4.67. The summed E-state index contributed by atoms with van der Waals surface area (Å²) < 4.78 is 1.66. The first kappa shape index (κ1) is 17.1. The van der Waals surface area contributed by atoms with Gasteiger partial charge in [-0.05, 0) is 54.5 Å². The minimum absolute atomic E-state index is 0.146. The molecule has 1 aliphatic heterocycles. The first-order valence-electron chi connectivity index (χ1n) is 8.12. The van der Waals surface area contributed by atoms with Gasteiger partial charge in [0.05, 0.1) is 5.39 Å². The average molecular weight is 384 g/mol. The molecule has 132 valence electrons. The lowest BCUT2D eigenvalue weighted by molar-refractivity contribution is 0.0701. The van der Waals surface area contributed by atoms with Crippen molar-refractivity contribution in [2.75, 3.05) is 6.26 Å². The van der Waals surface area contributed by atoms with Crippen LogP contribution in [0.25, 0.3) is 21.9 Å². The number of thiophene rings is 1. The maximum Gasteiger partial charge on any atom is 0.346 e. The smallest absolute Gasteiger partial charge is 0.346 e. The highest BCUT2D eigenvalue weighted by molar-refractivity contribution is 7.98. The Balaban J connectivity index is 1.86. The summed E-state index contributed by atoms with van der Waals surface area (Å²) in [6, 6.07) is 8.24. The summed E-state index contributed by atoms with van der Waals surface area (Å²) in [5, 5.41) is 9.75. The second kappa shape index (κ2) is 6.41. The van der Waals surface area contributed by atoms with Crippen LogP contribution in [0.5, 0.6) is 0 Å². The van der Waals surface area contributed by atoms with Gasteiger partial charge in [-0.3, -0.25) is 9.36 Å². The molecule has 26 heavy (non-hydrogen) atoms. The van der Waals surface area contributed by atoms with Gasteiger partial charge < -0.3 is 5.11 Å². The molecule has 0 saturated heterocycles. The number of allylic oxidation sites excluding steroid dienone is 1. The molecule has 0 radical (unpaired) electrons. The number of benzene rings is 1. The van der Waals surface area contributed by atoms with E-state index < -0.39 is 5.97 Å². The van der Waals surface area contributed by atoms with Crippen LogP contribution in [0.1, 0.15) is 33.0 Å². The van der Waals surface area contributed by atoms with E-state index in [0.717, 1.165) is 28.9 Å². The Morgan fingerprint density at radius 3 is 2.73 bits per heavy atom. The number of nitrogens with zero attached hydrogens (tertiary/aromatic N) is 2. The molecule has 3 heterocycles. The highest BCUT2D eigenvalue weighted by Gasteiger charge is 2.25. The molecule has 7 heteroatoms. The van der Waals surface area contributed by atoms with Gasteiger partial charge in [0.1, 0.15) is 15.5 Å². The number of carboxylic acid groups (broad SMARTS) is 1. The van der Waals surface area contributed by atoms with Crippen LogP contribution in [0.3, 0.4) is 0 Å². The van der Waals surface area contributed by atoms with Gasteiger partial charge in [-0.2, -0.15) is 0 Å². The van der Waals surface area contributed by atoms with Crippen LogP contribution in [0.4, 0.5) is 0 Å². The van der Waals surface area contributed by atoms with E-state index in [1.165, 1.54) is 4.90 Å². The van der Waals surface area contributed by atoms with Gasteiger partial charge in [-0.15, -0.1) is 23.1 Å². The molecule has 3 aromatic rings. The molecule has 0 amide bonds. The number of aryl methyl sites for hydroxylation is 1. The van der Waals surface area contributed by atoms with Crippen LogP contribution >= 0.6 is 23.1 Å². The zero-order valence-corrected chi connectivity index (χ0v) is 15.9. The molecule has 0 atom stereocenters. The van der Waals surface area contributed by atoms with Crippen LogP contribution < -0.4 is 5.56 Å². The van der Waals surface area contributed by atoms with Crippen LogP contribution in [0, 0.1) is 6.92 Å². The predicted molar refractivity (Wildman–Crippen MR) is 106 cm³/mol. The quantitative estimate of drug-likeness (QED) is 0.688. The highest BCUT2D eigenvalue weighted by Crippen LogP contribution is 2.32. The number of aromatic nitrogens is 2. The predicted octanol–water partition coefficient (Wildman–Crippen LogP) is 4.13. The van der Waals surface area contributed by atoms with E-state index in [-0.39, 0.29) is 10.4 Å². The van der Waals surface area contributed by atoms with Crippen molar-refractivity contribution in [3.8, 4) is 0 Å². The van der Waals surface area contributed by atoms with E-state index in [1.54, 1.807) is 23.3 Å². The van der Waals surface area contributed by atoms with Crippen LogP contribution in [0.15, 0.2) is 34.0 Å². The third-order valence-electron chi connectivity index (χ3n) is 4.59. The third kappa shape index (κ3) is 2.68. The number of hydrogen-bond acceptors (Lipinski definition) is 5. The minimum atomic E-state index is -1.01. The highest BCUT2D eigenvalue weighted by atomic mass is 32.2. The second-order valence-corrected chi connectivity index (χ2v) is 8.01. The summed E-state index contributed by atoms with van der Waals surface area (Å²) >= 11 is 2.76. The Morgan fingerprint density at radius 1 is 1.35 bits per heavy atom. The van der Waals surface area contributed by atoms with E-state index >= 15 is 0 Å². The summed E-state index contributed by atoms with van der Waals surface area (Å²) in [4.78, 5) is 30.8. The number of fused-ring (bicyclic) bond motifs is 2. The lowest BCUT2D eigenvalue weighted by atomic mass is 10.1. The maximum atomic E-state index is 12.9. The van der Waals surface area contributed by atoms with Gasteiger partial charge in [0.2, 0.25) is 0 Å². The Bertz CT molecular complexity index is 1120. The van der Waals surface area contributed by atoms with Crippen molar-refractivity contribution in [2.45, 2.75) is 24.8 Å². The summed E-state index contributed by atoms with van der Waals surface area (Å²) in [5.41, 5.74) is 2.43. The fourth-order valence-electron chi connectivity index (χ4n) is 3.26. The molecule has 0 unspecified atom stereocenters. The summed E-state index contributed by atoms with van der Waals surface area (Å²) in [6.07, 6.45) is 4.84. The molecule has 0 fully saturated rings. The lowest BCUT2D eigenvalue weighted by Crippen LogP contribution is -2.20. The Hall–Kier alpha value is -2.38. The molecule has 1 aliphatic rings. The first-order valence-corrected chi connectivity index (χ1v) is 10.2. The second-order valence-electron chi connectivity index (χ2n) is 6.13. The van der Waals surface area contributed by atoms with Gasteiger partial charge in [0.15, 0.2) is 0 Å². The first-order chi connectivity index (χ1) is 12.5. The number of aromatic carboxylic acids is 1. The van der Waals surface area contributed by atoms with E-state index in [4.69, 9.17) is 0 Å². The van der Waals surface area contributed by atoms with Gasteiger partial charge in [0, 0.05) is 11.4 Å². The molecule has 0 spiro atoms. The molecular weight excluding hydrogens is 368 g/mol. The molecule has 0 saturated carbocycles. The Labute approximate surface area is 158 Å². The van der Waals surface area contributed by atoms with E-state index in [1.807, 2.05) is 6.26 Å². The molecule has 4 rings (SSSR count). The number of carboxylic acids is 1. The van der Waals surface area contributed by atoms with Gasteiger partial charge >= 0.3 is 5.97 Å². The van der Waals surface area contributed by atoms with Gasteiger partial charge in [-0.25, -0.2) is 9.78 Å². The van der Waals surface area contributed by atoms with Crippen molar-refractivity contribution >= 4 is 50.9 Å². The van der Waals surface area contributed by atoms with Crippen molar-refractivity contribution in [2.24, 2.45) is 0 Å². The lowest BCUT2D eigenvalue weighted by Gasteiger charge is -2.04. The number of hydrogen-bond donors (Lipinski definition) is 1. The fraction of sp³-hybridized carbons (Fsp3) is 0.211. The molecule has 2 aromatic heterocycles. The zero-order chi connectivity index (χ0) is 18.4. The third-order valence-corrected chi connectivity index (χ3v) is 6.51. The maximum absolute atomic E-state index is 12.9. The zero-order valence-electron chi connectivity index (χ0n) is 14.3. The van der Waals surface area contributed by atoms with Crippen molar-refractivity contribution in [1.82, 2.24) is 9.55 Å².